The molecule has 1 fully saturated rings. The van der Waals surface area contributed by atoms with Gasteiger partial charge in [0.15, 0.2) is 0 Å². The van der Waals surface area contributed by atoms with E-state index in [1.807, 2.05) is 0 Å². The molecule has 1 aromatic rings. The number of aryl methyl sites for hydroxylation is 1. The first-order chi connectivity index (χ1) is 7.49. The number of sulfonamides is 1. The van der Waals surface area contributed by atoms with Crippen LogP contribution < -0.4 is 4.72 Å². The summed E-state index contributed by atoms with van der Waals surface area (Å²) in [6.45, 7) is 1.80. The molecule has 1 aliphatic rings. The molecular weight excluding hydrogens is 246 g/mol. The smallest absolute Gasteiger partial charge is 0.208 e. The van der Waals surface area contributed by atoms with Crippen LogP contribution in [0.1, 0.15) is 24.8 Å². The van der Waals surface area contributed by atoms with E-state index in [-0.39, 0.29) is 6.04 Å². The summed E-state index contributed by atoms with van der Waals surface area (Å²) in [6.07, 6.45) is 2.98. The lowest BCUT2D eigenvalue weighted by molar-refractivity contribution is 0.383. The van der Waals surface area contributed by atoms with Gasteiger partial charge in [-0.05, 0) is 43.5 Å². The highest BCUT2D eigenvalue weighted by molar-refractivity contribution is 7.89. The fourth-order valence-electron chi connectivity index (χ4n) is 1.60. The van der Waals surface area contributed by atoms with E-state index in [9.17, 15) is 8.42 Å². The predicted octanol–water partition coefficient (Wildman–Crippen LogP) is 2.48. The van der Waals surface area contributed by atoms with Crippen molar-refractivity contribution in [1.82, 2.24) is 4.72 Å². The topological polar surface area (TPSA) is 46.2 Å². The van der Waals surface area contributed by atoms with Gasteiger partial charge in [0.05, 0.1) is 4.90 Å². The van der Waals surface area contributed by atoms with Gasteiger partial charge in [-0.25, -0.2) is 13.1 Å². The van der Waals surface area contributed by atoms with Crippen molar-refractivity contribution in [2.75, 3.05) is 0 Å². The van der Waals surface area contributed by atoms with Gasteiger partial charge in [0.2, 0.25) is 10.0 Å². The lowest BCUT2D eigenvalue weighted by Crippen LogP contribution is -2.39. The van der Waals surface area contributed by atoms with E-state index in [1.165, 1.54) is 6.07 Å². The van der Waals surface area contributed by atoms with Gasteiger partial charge in [-0.1, -0.05) is 18.0 Å². The molecule has 0 aromatic heterocycles. The van der Waals surface area contributed by atoms with Gasteiger partial charge in [-0.2, -0.15) is 0 Å². The SMILES string of the molecule is Cc1cc(S(=O)(=O)NC2CCC2)ccc1Cl. The number of halogens is 1. The Morgan fingerprint density at radius 1 is 1.38 bits per heavy atom. The second-order valence-corrected chi connectivity index (χ2v) is 6.28. The van der Waals surface area contributed by atoms with Gasteiger partial charge in [0.25, 0.3) is 0 Å². The van der Waals surface area contributed by atoms with E-state index in [4.69, 9.17) is 11.6 Å². The Kier molecular flexibility index (Phi) is 3.24. The van der Waals surface area contributed by atoms with Crippen molar-refractivity contribution in [3.63, 3.8) is 0 Å². The Hall–Kier alpha value is -0.580. The molecule has 1 saturated carbocycles. The van der Waals surface area contributed by atoms with Crippen LogP contribution in [0.3, 0.4) is 0 Å². The van der Waals surface area contributed by atoms with Crippen LogP contribution in [0.15, 0.2) is 23.1 Å². The van der Waals surface area contributed by atoms with Gasteiger partial charge in [-0.3, -0.25) is 0 Å². The normalized spacial score (nSPS) is 17.1. The molecule has 0 aliphatic heterocycles. The van der Waals surface area contributed by atoms with Crippen molar-refractivity contribution < 1.29 is 8.42 Å². The summed E-state index contributed by atoms with van der Waals surface area (Å²) in [7, 11) is -3.37. The molecule has 2 rings (SSSR count). The molecule has 16 heavy (non-hydrogen) atoms. The summed E-state index contributed by atoms with van der Waals surface area (Å²) in [5, 5.41) is 0.586. The quantitative estimate of drug-likeness (QED) is 0.907. The third kappa shape index (κ3) is 2.39. The summed E-state index contributed by atoms with van der Waals surface area (Å²) >= 11 is 5.86. The standard InChI is InChI=1S/C11H14ClNO2S/c1-8-7-10(5-6-11(8)12)16(14,15)13-9-3-2-4-9/h5-7,9,13H,2-4H2,1H3. The average molecular weight is 260 g/mol. The molecule has 1 aliphatic carbocycles. The van der Waals surface area contributed by atoms with Crippen molar-refractivity contribution in [2.24, 2.45) is 0 Å². The van der Waals surface area contributed by atoms with Gasteiger partial charge in [0, 0.05) is 11.1 Å². The molecule has 1 N–H and O–H groups in total. The molecular formula is C11H14ClNO2S. The van der Waals surface area contributed by atoms with Gasteiger partial charge in [0.1, 0.15) is 0 Å². The van der Waals surface area contributed by atoms with Crippen molar-refractivity contribution >= 4 is 21.6 Å². The number of benzene rings is 1. The molecule has 0 bridgehead atoms. The van der Waals surface area contributed by atoms with Crippen LogP contribution in [0.4, 0.5) is 0 Å². The maximum atomic E-state index is 11.9. The van der Waals surface area contributed by atoms with Crippen LogP contribution in [0.25, 0.3) is 0 Å². The summed E-state index contributed by atoms with van der Waals surface area (Å²) < 4.78 is 26.6. The Morgan fingerprint density at radius 2 is 2.06 bits per heavy atom. The van der Waals surface area contributed by atoms with Crippen LogP contribution in [0.2, 0.25) is 5.02 Å². The number of hydrogen-bond acceptors (Lipinski definition) is 2. The van der Waals surface area contributed by atoms with Gasteiger partial charge in [-0.15, -0.1) is 0 Å². The monoisotopic (exact) mass is 259 g/mol. The fourth-order valence-corrected chi connectivity index (χ4v) is 3.11. The Labute approximate surface area is 101 Å². The lowest BCUT2D eigenvalue weighted by Gasteiger charge is -2.26. The number of hydrogen-bond donors (Lipinski definition) is 1. The number of rotatable bonds is 3. The van der Waals surface area contributed by atoms with Crippen molar-refractivity contribution in [2.45, 2.75) is 37.1 Å². The van der Waals surface area contributed by atoms with Crippen LogP contribution in [-0.2, 0) is 10.0 Å². The molecule has 0 radical (unpaired) electrons. The molecule has 0 amide bonds. The molecule has 0 unspecified atom stereocenters. The second-order valence-electron chi connectivity index (χ2n) is 4.16. The van der Waals surface area contributed by atoms with E-state index in [2.05, 4.69) is 4.72 Å². The third-order valence-electron chi connectivity index (χ3n) is 2.87. The third-order valence-corrected chi connectivity index (χ3v) is 4.81. The number of nitrogens with one attached hydrogen (secondary N) is 1. The van der Waals surface area contributed by atoms with Crippen LogP contribution >= 0.6 is 11.6 Å². The maximum Gasteiger partial charge on any atom is 0.240 e. The van der Waals surface area contributed by atoms with Gasteiger partial charge >= 0.3 is 0 Å². The molecule has 0 heterocycles. The van der Waals surface area contributed by atoms with Crippen molar-refractivity contribution in [3.8, 4) is 0 Å². The van der Waals surface area contributed by atoms with Gasteiger partial charge < -0.3 is 0 Å². The molecule has 0 spiro atoms. The molecule has 88 valence electrons. The Morgan fingerprint density at radius 3 is 2.56 bits per heavy atom. The van der Waals surface area contributed by atoms with Crippen molar-refractivity contribution in [1.29, 1.82) is 0 Å². The maximum absolute atomic E-state index is 11.9. The summed E-state index contributed by atoms with van der Waals surface area (Å²) in [5.74, 6) is 0. The highest BCUT2D eigenvalue weighted by Crippen LogP contribution is 2.23. The Balaban J connectivity index is 2.24. The summed E-state index contributed by atoms with van der Waals surface area (Å²) in [6, 6.07) is 4.87. The Bertz CT molecular complexity index is 495. The van der Waals surface area contributed by atoms with Crippen LogP contribution in [-0.4, -0.2) is 14.5 Å². The van der Waals surface area contributed by atoms with Crippen molar-refractivity contribution in [3.05, 3.63) is 28.8 Å². The molecule has 5 heteroatoms. The first-order valence-electron chi connectivity index (χ1n) is 5.27. The van der Waals surface area contributed by atoms with E-state index >= 15 is 0 Å². The summed E-state index contributed by atoms with van der Waals surface area (Å²) in [5.41, 5.74) is 0.776. The zero-order valence-corrected chi connectivity index (χ0v) is 10.6. The molecule has 3 nitrogen and oxygen atoms in total. The minimum Gasteiger partial charge on any atom is -0.208 e. The van der Waals surface area contributed by atoms with E-state index in [0.717, 1.165) is 24.8 Å². The first kappa shape index (κ1) is 11.9. The zero-order chi connectivity index (χ0) is 11.8. The van der Waals surface area contributed by atoms with Crippen LogP contribution in [0.5, 0.6) is 0 Å². The predicted molar refractivity (Wildman–Crippen MR) is 64.1 cm³/mol. The highest BCUT2D eigenvalue weighted by Gasteiger charge is 2.24. The zero-order valence-electron chi connectivity index (χ0n) is 9.03. The largest absolute Gasteiger partial charge is 0.240 e. The second kappa shape index (κ2) is 4.35. The summed E-state index contributed by atoms with van der Waals surface area (Å²) in [4.78, 5) is 0.293. The molecule has 0 saturated heterocycles. The van der Waals surface area contributed by atoms with E-state index in [1.54, 1.807) is 19.1 Å². The average Bonchev–Trinajstić information content (AvgIpc) is 2.16. The minimum absolute atomic E-state index is 0.112. The fraction of sp³-hybridized carbons (Fsp3) is 0.455. The molecule has 1 aromatic carbocycles. The van der Waals surface area contributed by atoms with Crippen LogP contribution in [0, 0.1) is 6.92 Å². The van der Waals surface area contributed by atoms with E-state index < -0.39 is 10.0 Å². The minimum atomic E-state index is -3.37. The lowest BCUT2D eigenvalue weighted by atomic mass is 9.94. The highest BCUT2D eigenvalue weighted by atomic mass is 35.5. The van der Waals surface area contributed by atoms with E-state index in [0.29, 0.717) is 9.92 Å². The first-order valence-corrected chi connectivity index (χ1v) is 7.13. The molecule has 0 atom stereocenters.